The van der Waals surface area contributed by atoms with Crippen LogP contribution in [0.4, 0.5) is 0 Å². The van der Waals surface area contributed by atoms with Crippen molar-refractivity contribution in [3.8, 4) is 6.07 Å². The molecule has 1 saturated heterocycles. The van der Waals surface area contributed by atoms with Crippen LogP contribution in [0, 0.1) is 11.3 Å². The van der Waals surface area contributed by atoms with Gasteiger partial charge in [0, 0.05) is 13.1 Å². The van der Waals surface area contributed by atoms with E-state index in [0.717, 1.165) is 24.8 Å². The molecule has 0 radical (unpaired) electrons. The fraction of sp³-hybridized carbons (Fsp3) is 0.300. The van der Waals surface area contributed by atoms with Gasteiger partial charge in [-0.15, -0.1) is 0 Å². The molecule has 6 nitrogen and oxygen atoms in total. The van der Waals surface area contributed by atoms with Crippen LogP contribution in [0.1, 0.15) is 40.7 Å². The van der Waals surface area contributed by atoms with Crippen molar-refractivity contribution in [1.29, 1.82) is 5.26 Å². The third-order valence-electron chi connectivity index (χ3n) is 4.48. The van der Waals surface area contributed by atoms with Gasteiger partial charge in [-0.2, -0.15) is 9.57 Å². The molecule has 0 aliphatic carbocycles. The van der Waals surface area contributed by atoms with E-state index in [9.17, 15) is 13.2 Å². The average Bonchev–Trinajstić information content (AvgIpc) is 2.73. The Morgan fingerprint density at radius 3 is 2.44 bits per heavy atom. The second kappa shape index (κ2) is 8.33. The van der Waals surface area contributed by atoms with Gasteiger partial charge >= 0.3 is 5.97 Å². The zero-order valence-electron chi connectivity index (χ0n) is 14.8. The number of carbonyl (C=O) groups is 1. The number of nitriles is 1. The fourth-order valence-corrected chi connectivity index (χ4v) is 4.51. The van der Waals surface area contributed by atoms with Gasteiger partial charge < -0.3 is 4.74 Å². The Morgan fingerprint density at radius 2 is 1.78 bits per heavy atom. The van der Waals surface area contributed by atoms with Gasteiger partial charge in [-0.1, -0.05) is 24.6 Å². The van der Waals surface area contributed by atoms with Crippen molar-refractivity contribution in [2.24, 2.45) is 0 Å². The minimum Gasteiger partial charge on any atom is -0.457 e. The number of piperidine rings is 1. The lowest BCUT2D eigenvalue weighted by atomic mass is 10.1. The molecule has 1 aliphatic rings. The van der Waals surface area contributed by atoms with E-state index in [-0.39, 0.29) is 17.1 Å². The van der Waals surface area contributed by atoms with E-state index in [4.69, 9.17) is 10.00 Å². The van der Waals surface area contributed by atoms with Crippen LogP contribution in [0.25, 0.3) is 0 Å². The molecule has 1 heterocycles. The quantitative estimate of drug-likeness (QED) is 0.739. The highest BCUT2D eigenvalue weighted by atomic mass is 32.2. The summed E-state index contributed by atoms with van der Waals surface area (Å²) in [6, 6.07) is 14.7. The van der Waals surface area contributed by atoms with Crippen LogP contribution < -0.4 is 0 Å². The summed E-state index contributed by atoms with van der Waals surface area (Å²) in [4.78, 5) is 12.4. The molecule has 3 rings (SSSR count). The van der Waals surface area contributed by atoms with Gasteiger partial charge in [0.15, 0.2) is 0 Å². The number of rotatable bonds is 5. The summed E-state index contributed by atoms with van der Waals surface area (Å²) in [7, 11) is -3.60. The number of esters is 1. The van der Waals surface area contributed by atoms with Crippen molar-refractivity contribution in [1.82, 2.24) is 4.31 Å². The van der Waals surface area contributed by atoms with Crippen molar-refractivity contribution in [3.63, 3.8) is 0 Å². The molecule has 0 bridgehead atoms. The number of hydrogen-bond donors (Lipinski definition) is 0. The van der Waals surface area contributed by atoms with E-state index >= 15 is 0 Å². The first kappa shape index (κ1) is 19.1. The maximum Gasteiger partial charge on any atom is 0.338 e. The molecule has 0 amide bonds. The number of carbonyl (C=O) groups excluding carboxylic acids is 1. The largest absolute Gasteiger partial charge is 0.457 e. The van der Waals surface area contributed by atoms with Gasteiger partial charge in [-0.05, 0) is 48.7 Å². The van der Waals surface area contributed by atoms with E-state index in [1.165, 1.54) is 22.5 Å². The van der Waals surface area contributed by atoms with E-state index in [1.807, 2.05) is 6.07 Å². The van der Waals surface area contributed by atoms with Gasteiger partial charge in [0.2, 0.25) is 10.0 Å². The number of hydrogen-bond acceptors (Lipinski definition) is 5. The maximum absolute atomic E-state index is 12.7. The molecule has 0 N–H and O–H groups in total. The Labute approximate surface area is 159 Å². The Hall–Kier alpha value is -2.69. The molecule has 27 heavy (non-hydrogen) atoms. The topological polar surface area (TPSA) is 87.5 Å². The molecular weight excluding hydrogens is 364 g/mol. The highest BCUT2D eigenvalue weighted by Crippen LogP contribution is 2.21. The van der Waals surface area contributed by atoms with E-state index < -0.39 is 16.0 Å². The highest BCUT2D eigenvalue weighted by molar-refractivity contribution is 7.89. The molecule has 0 spiro atoms. The standard InChI is InChI=1S/C20H20N2O4S/c21-14-16-7-9-17(10-8-16)15-26-20(23)18-5-4-6-19(13-18)27(24,25)22-11-2-1-3-12-22/h4-10,13H,1-3,11-12,15H2. The molecular formula is C20H20N2O4S. The van der Waals surface area contributed by atoms with Crippen molar-refractivity contribution in [3.05, 3.63) is 65.2 Å². The zero-order valence-corrected chi connectivity index (χ0v) is 15.6. The molecule has 140 valence electrons. The van der Waals surface area contributed by atoms with Gasteiger partial charge in [-0.25, -0.2) is 13.2 Å². The van der Waals surface area contributed by atoms with Gasteiger partial charge in [0.1, 0.15) is 6.61 Å². The maximum atomic E-state index is 12.7. The van der Waals surface area contributed by atoms with Crippen LogP contribution in [0.3, 0.4) is 0 Å². The van der Waals surface area contributed by atoms with Gasteiger partial charge in [0.05, 0.1) is 22.1 Å². The molecule has 0 aromatic heterocycles. The first-order chi connectivity index (χ1) is 13.0. The third-order valence-corrected chi connectivity index (χ3v) is 6.37. The second-order valence-electron chi connectivity index (χ2n) is 6.38. The van der Waals surface area contributed by atoms with E-state index in [0.29, 0.717) is 18.7 Å². The lowest BCUT2D eigenvalue weighted by Crippen LogP contribution is -2.35. The molecule has 1 aliphatic heterocycles. The van der Waals surface area contributed by atoms with Crippen LogP contribution >= 0.6 is 0 Å². The van der Waals surface area contributed by atoms with Crippen LogP contribution in [0.5, 0.6) is 0 Å². The van der Waals surface area contributed by atoms with Gasteiger partial charge in [-0.3, -0.25) is 0 Å². The minimum atomic E-state index is -3.60. The molecule has 2 aromatic carbocycles. The lowest BCUT2D eigenvalue weighted by Gasteiger charge is -2.25. The molecule has 2 aromatic rings. The van der Waals surface area contributed by atoms with Crippen LogP contribution in [0.2, 0.25) is 0 Å². The second-order valence-corrected chi connectivity index (χ2v) is 8.32. The Balaban J connectivity index is 1.70. The zero-order chi connectivity index (χ0) is 19.3. The highest BCUT2D eigenvalue weighted by Gasteiger charge is 2.26. The predicted molar refractivity (Wildman–Crippen MR) is 99.3 cm³/mol. The first-order valence-electron chi connectivity index (χ1n) is 8.77. The van der Waals surface area contributed by atoms with Crippen molar-refractivity contribution in [2.45, 2.75) is 30.8 Å². The Kier molecular flexibility index (Phi) is 5.89. The number of benzene rings is 2. The molecule has 0 unspecified atom stereocenters. The van der Waals surface area contributed by atoms with Crippen LogP contribution in [-0.2, 0) is 21.4 Å². The summed E-state index contributed by atoms with van der Waals surface area (Å²) < 4.78 is 32.2. The molecule has 7 heteroatoms. The fourth-order valence-electron chi connectivity index (χ4n) is 2.95. The number of nitrogens with zero attached hydrogens (tertiary/aromatic N) is 2. The summed E-state index contributed by atoms with van der Waals surface area (Å²) in [6.45, 7) is 1.07. The Bertz CT molecular complexity index is 956. The predicted octanol–water partition coefficient (Wildman–Crippen LogP) is 3.09. The summed E-state index contributed by atoms with van der Waals surface area (Å²) >= 11 is 0. The molecule has 0 saturated carbocycles. The number of sulfonamides is 1. The first-order valence-corrected chi connectivity index (χ1v) is 10.2. The smallest absolute Gasteiger partial charge is 0.338 e. The van der Waals surface area contributed by atoms with Crippen molar-refractivity contribution < 1.29 is 17.9 Å². The van der Waals surface area contributed by atoms with E-state index in [1.54, 1.807) is 30.3 Å². The third kappa shape index (κ3) is 4.54. The summed E-state index contributed by atoms with van der Waals surface area (Å²) in [5, 5.41) is 8.79. The van der Waals surface area contributed by atoms with Crippen LogP contribution in [-0.4, -0.2) is 31.8 Å². The van der Waals surface area contributed by atoms with Crippen molar-refractivity contribution in [2.75, 3.05) is 13.1 Å². The van der Waals surface area contributed by atoms with Crippen LogP contribution in [0.15, 0.2) is 53.4 Å². The van der Waals surface area contributed by atoms with Crippen molar-refractivity contribution >= 4 is 16.0 Å². The lowest BCUT2D eigenvalue weighted by molar-refractivity contribution is 0.0472. The normalized spacial score (nSPS) is 15.1. The summed E-state index contributed by atoms with van der Waals surface area (Å²) in [6.07, 6.45) is 2.74. The number of ether oxygens (including phenoxy) is 1. The van der Waals surface area contributed by atoms with E-state index in [2.05, 4.69) is 0 Å². The van der Waals surface area contributed by atoms with Gasteiger partial charge in [0.25, 0.3) is 0 Å². The summed E-state index contributed by atoms with van der Waals surface area (Å²) in [5.74, 6) is -0.588. The molecule has 0 atom stereocenters. The minimum absolute atomic E-state index is 0.0493. The SMILES string of the molecule is N#Cc1ccc(COC(=O)c2cccc(S(=O)(=O)N3CCCCC3)c2)cc1. The average molecular weight is 384 g/mol. The molecule has 1 fully saturated rings. The summed E-state index contributed by atoms with van der Waals surface area (Å²) in [5.41, 5.74) is 1.47. The monoisotopic (exact) mass is 384 g/mol. The Morgan fingerprint density at radius 1 is 1.07 bits per heavy atom.